The van der Waals surface area contributed by atoms with Crippen molar-refractivity contribution in [1.29, 1.82) is 0 Å². The summed E-state index contributed by atoms with van der Waals surface area (Å²) in [6, 6.07) is 24.2. The molecule has 3 aromatic carbocycles. The number of nitrogens with zero attached hydrogens (tertiary/aromatic N) is 4. The number of hydrogen-bond acceptors (Lipinski definition) is 8. The Morgan fingerprint density at radius 3 is 2.31 bits per heavy atom. The van der Waals surface area contributed by atoms with Crippen LogP contribution in [0.5, 0.6) is 0 Å². The molecule has 254 valence electrons. The number of ether oxygens (including phenoxy) is 1. The highest BCUT2D eigenvalue weighted by molar-refractivity contribution is 9.10. The number of carbonyl (C=O) groups is 2. The van der Waals surface area contributed by atoms with Gasteiger partial charge in [0.15, 0.2) is 5.65 Å². The molecule has 14 heteroatoms. The zero-order chi connectivity index (χ0) is 35.3. The summed E-state index contributed by atoms with van der Waals surface area (Å²) in [5.74, 6) is 0.648. The van der Waals surface area contributed by atoms with Gasteiger partial charge < -0.3 is 15.0 Å². The summed E-state index contributed by atoms with van der Waals surface area (Å²) in [6.45, 7) is 7.73. The molecule has 2 heterocycles. The number of benzene rings is 3. The fraction of sp³-hybridized carbons (Fsp3) is 0.229. The summed E-state index contributed by atoms with van der Waals surface area (Å²) >= 11 is 21.9. The van der Waals surface area contributed by atoms with Gasteiger partial charge in [-0.25, -0.2) is 19.7 Å². The monoisotopic (exact) mass is 800 g/mol. The second-order valence-corrected chi connectivity index (χ2v) is 16.1. The first-order valence-electron chi connectivity index (χ1n) is 15.2. The van der Waals surface area contributed by atoms with E-state index in [1.165, 1.54) is 18.1 Å². The standard InChI is InChI=1S/C35H32BrCl3N6O3S/c1-20(2)28-15-14-27-31(43-28)40-19-41-32(27)44-29-17-22(33(46)45(21(3)4)25-10-6-23(36)7-11-25)5-16-30(29)49-26-12-8-24(9-13-26)42-34(47)48-18-35(37,38)39/h5-17,19-21H,18H2,1-4H3,(H,42,47)(H,40,41,43,44). The van der Waals surface area contributed by atoms with Crippen molar-refractivity contribution in [2.75, 3.05) is 22.1 Å². The lowest BCUT2D eigenvalue weighted by Gasteiger charge is -2.27. The van der Waals surface area contributed by atoms with Gasteiger partial charge in [-0.2, -0.15) is 0 Å². The topological polar surface area (TPSA) is 109 Å². The van der Waals surface area contributed by atoms with Gasteiger partial charge in [0, 0.05) is 42.9 Å². The molecule has 0 unspecified atom stereocenters. The molecule has 2 aromatic heterocycles. The van der Waals surface area contributed by atoms with Gasteiger partial charge in [-0.05, 0) is 98.6 Å². The Morgan fingerprint density at radius 2 is 1.65 bits per heavy atom. The van der Waals surface area contributed by atoms with Crippen molar-refractivity contribution in [2.24, 2.45) is 0 Å². The molecular weight excluding hydrogens is 771 g/mol. The molecule has 49 heavy (non-hydrogen) atoms. The third-order valence-electron chi connectivity index (χ3n) is 7.13. The van der Waals surface area contributed by atoms with E-state index in [-0.39, 0.29) is 24.5 Å². The number of aromatic nitrogens is 3. The first-order valence-corrected chi connectivity index (χ1v) is 17.9. The Labute approximate surface area is 312 Å². The summed E-state index contributed by atoms with van der Waals surface area (Å²) in [7, 11) is 0. The van der Waals surface area contributed by atoms with Gasteiger partial charge in [0.05, 0.1) is 11.1 Å². The Morgan fingerprint density at radius 1 is 0.939 bits per heavy atom. The number of hydrogen-bond donors (Lipinski definition) is 2. The smallest absolute Gasteiger partial charge is 0.411 e. The summed E-state index contributed by atoms with van der Waals surface area (Å²) in [5.41, 5.74) is 3.95. The molecule has 0 aliphatic heterocycles. The summed E-state index contributed by atoms with van der Waals surface area (Å²) in [4.78, 5) is 43.3. The van der Waals surface area contributed by atoms with Crippen LogP contribution in [0.4, 0.5) is 27.7 Å². The molecule has 0 radical (unpaired) electrons. The molecule has 2 N–H and O–H groups in total. The molecule has 0 saturated heterocycles. The van der Waals surface area contributed by atoms with Crippen LogP contribution in [0, 0.1) is 0 Å². The fourth-order valence-electron chi connectivity index (χ4n) is 4.78. The first kappa shape index (κ1) is 36.7. The van der Waals surface area contributed by atoms with Crippen LogP contribution in [-0.2, 0) is 4.74 Å². The van der Waals surface area contributed by atoms with Crippen molar-refractivity contribution in [3.05, 3.63) is 101 Å². The average molecular weight is 803 g/mol. The van der Waals surface area contributed by atoms with E-state index >= 15 is 0 Å². The minimum absolute atomic E-state index is 0.0991. The minimum Gasteiger partial charge on any atom is -0.445 e. The van der Waals surface area contributed by atoms with E-state index < -0.39 is 9.89 Å². The Balaban J connectivity index is 1.47. The van der Waals surface area contributed by atoms with Crippen molar-refractivity contribution in [3.63, 3.8) is 0 Å². The number of carbonyl (C=O) groups excluding carboxylic acids is 2. The average Bonchev–Trinajstić information content (AvgIpc) is 3.06. The summed E-state index contributed by atoms with van der Waals surface area (Å²) < 4.78 is 4.17. The number of halogens is 4. The highest BCUT2D eigenvalue weighted by atomic mass is 79.9. The van der Waals surface area contributed by atoms with Crippen LogP contribution >= 0.6 is 62.5 Å². The summed E-state index contributed by atoms with van der Waals surface area (Å²) in [5, 5.41) is 6.82. The number of rotatable bonds is 10. The van der Waals surface area contributed by atoms with E-state index in [9.17, 15) is 9.59 Å². The first-order chi connectivity index (χ1) is 23.3. The Hall–Kier alpha value is -3.61. The molecule has 0 spiro atoms. The maximum atomic E-state index is 14.1. The van der Waals surface area contributed by atoms with E-state index in [4.69, 9.17) is 44.5 Å². The van der Waals surface area contributed by atoms with Crippen LogP contribution in [0.2, 0.25) is 0 Å². The van der Waals surface area contributed by atoms with Gasteiger partial charge in [-0.3, -0.25) is 10.1 Å². The molecule has 0 aliphatic carbocycles. The zero-order valence-corrected chi connectivity index (χ0v) is 31.5. The number of anilines is 4. The number of fused-ring (bicyclic) bond motifs is 1. The number of alkyl halides is 3. The van der Waals surface area contributed by atoms with Crippen molar-refractivity contribution < 1.29 is 14.3 Å². The lowest BCUT2D eigenvalue weighted by atomic mass is 10.1. The maximum Gasteiger partial charge on any atom is 0.411 e. The van der Waals surface area contributed by atoms with Gasteiger partial charge in [-0.15, -0.1) is 0 Å². The molecule has 0 fully saturated rings. The van der Waals surface area contributed by atoms with E-state index in [0.717, 1.165) is 31.0 Å². The van der Waals surface area contributed by atoms with Crippen LogP contribution in [0.25, 0.3) is 11.0 Å². The van der Waals surface area contributed by atoms with Crippen molar-refractivity contribution >= 4 is 108 Å². The summed E-state index contributed by atoms with van der Waals surface area (Å²) in [6.07, 6.45) is 0.728. The van der Waals surface area contributed by atoms with Gasteiger partial charge in [0.25, 0.3) is 5.91 Å². The molecule has 2 amide bonds. The number of pyridine rings is 1. The lowest BCUT2D eigenvalue weighted by Crippen LogP contribution is -2.37. The molecule has 0 bridgehead atoms. The second kappa shape index (κ2) is 15.9. The van der Waals surface area contributed by atoms with Crippen LogP contribution in [0.15, 0.2) is 99.5 Å². The Kier molecular flexibility index (Phi) is 11.9. The van der Waals surface area contributed by atoms with E-state index in [2.05, 4.69) is 50.4 Å². The van der Waals surface area contributed by atoms with Crippen LogP contribution < -0.4 is 15.5 Å². The van der Waals surface area contributed by atoms with Gasteiger partial charge in [0.2, 0.25) is 3.79 Å². The van der Waals surface area contributed by atoms with E-state index in [1.807, 2.05) is 80.6 Å². The van der Waals surface area contributed by atoms with Crippen LogP contribution in [-0.4, -0.2) is 43.4 Å². The fourth-order valence-corrected chi connectivity index (χ4v) is 6.09. The van der Waals surface area contributed by atoms with Crippen LogP contribution in [0.1, 0.15) is 49.7 Å². The van der Waals surface area contributed by atoms with Gasteiger partial charge in [0.1, 0.15) is 18.8 Å². The number of amides is 2. The molecule has 0 aliphatic rings. The minimum atomic E-state index is -1.71. The van der Waals surface area contributed by atoms with E-state index in [0.29, 0.717) is 28.4 Å². The predicted octanol–water partition coefficient (Wildman–Crippen LogP) is 10.8. The van der Waals surface area contributed by atoms with Crippen molar-refractivity contribution in [1.82, 2.24) is 15.0 Å². The molecule has 0 saturated carbocycles. The maximum absolute atomic E-state index is 14.1. The molecule has 0 atom stereocenters. The van der Waals surface area contributed by atoms with E-state index in [1.54, 1.807) is 17.0 Å². The van der Waals surface area contributed by atoms with Gasteiger partial charge in [-0.1, -0.05) is 76.3 Å². The SMILES string of the molecule is CC(C)c1ccc2c(Nc3cc(C(=O)N(c4ccc(Br)cc4)C(C)C)ccc3Sc3ccc(NC(=O)OCC(Cl)(Cl)Cl)cc3)ncnc2n1. The third-order valence-corrected chi connectivity index (χ3v) is 9.06. The number of nitrogens with one attached hydrogen (secondary N) is 2. The molecule has 5 aromatic rings. The molecule has 9 nitrogen and oxygen atoms in total. The third kappa shape index (κ3) is 9.76. The highest BCUT2D eigenvalue weighted by Gasteiger charge is 2.24. The normalized spacial score (nSPS) is 11.6. The molecule has 5 rings (SSSR count). The van der Waals surface area contributed by atoms with Crippen LogP contribution in [0.3, 0.4) is 0 Å². The second-order valence-electron chi connectivity index (χ2n) is 11.5. The quantitative estimate of drug-likeness (QED) is 0.134. The van der Waals surface area contributed by atoms with Crippen molar-refractivity contribution in [3.8, 4) is 0 Å². The highest BCUT2D eigenvalue weighted by Crippen LogP contribution is 2.38. The molecular formula is C35H32BrCl3N6O3S. The predicted molar refractivity (Wildman–Crippen MR) is 203 cm³/mol. The van der Waals surface area contributed by atoms with Gasteiger partial charge >= 0.3 is 6.09 Å². The zero-order valence-electron chi connectivity index (χ0n) is 26.9. The van der Waals surface area contributed by atoms with Crippen molar-refractivity contribution in [2.45, 2.75) is 53.2 Å². The lowest BCUT2D eigenvalue weighted by molar-refractivity contribution is 0.0980. The largest absolute Gasteiger partial charge is 0.445 e. The Bertz CT molecular complexity index is 1960.